The smallest absolute Gasteiger partial charge is 0.191 e. The van der Waals surface area contributed by atoms with Crippen molar-refractivity contribution in [2.75, 3.05) is 17.3 Å². The summed E-state index contributed by atoms with van der Waals surface area (Å²) in [7, 11) is -2.82. The van der Waals surface area contributed by atoms with Crippen molar-refractivity contribution in [3.63, 3.8) is 0 Å². The van der Waals surface area contributed by atoms with E-state index in [1.54, 1.807) is 18.1 Å². The highest BCUT2D eigenvalue weighted by Gasteiger charge is 2.26. The molecule has 2 rings (SSSR count). The van der Waals surface area contributed by atoms with Gasteiger partial charge in [0.1, 0.15) is 6.33 Å². The molecular formula is C12H21N3O2S2. The van der Waals surface area contributed by atoms with Crippen LogP contribution in [0.4, 0.5) is 0 Å². The summed E-state index contributed by atoms with van der Waals surface area (Å²) in [5.74, 6) is 1.72. The summed E-state index contributed by atoms with van der Waals surface area (Å²) >= 11 is 1.61. The number of hydrogen-bond donors (Lipinski definition) is 0. The van der Waals surface area contributed by atoms with Crippen molar-refractivity contribution < 1.29 is 8.42 Å². The van der Waals surface area contributed by atoms with Crippen LogP contribution in [0.3, 0.4) is 0 Å². The molecule has 1 unspecified atom stereocenters. The van der Waals surface area contributed by atoms with Crippen molar-refractivity contribution in [1.82, 2.24) is 14.8 Å². The maximum absolute atomic E-state index is 11.6. The first-order chi connectivity index (χ1) is 8.78. The molecule has 2 heterocycles. The van der Waals surface area contributed by atoms with Crippen LogP contribution in [0.5, 0.6) is 0 Å². The molecule has 1 aliphatic rings. The summed E-state index contributed by atoms with van der Waals surface area (Å²) in [5.41, 5.74) is -0.0511. The molecule has 1 aromatic rings. The second kappa shape index (κ2) is 5.44. The quantitative estimate of drug-likeness (QED) is 0.799. The molecule has 0 N–H and O–H groups in total. The van der Waals surface area contributed by atoms with Crippen LogP contribution in [-0.4, -0.2) is 40.4 Å². The minimum atomic E-state index is -2.82. The van der Waals surface area contributed by atoms with E-state index in [1.165, 1.54) is 0 Å². The molecule has 0 aromatic carbocycles. The van der Waals surface area contributed by atoms with Gasteiger partial charge in [0.25, 0.3) is 0 Å². The van der Waals surface area contributed by atoms with Gasteiger partial charge in [-0.25, -0.2) is 8.42 Å². The van der Waals surface area contributed by atoms with E-state index in [9.17, 15) is 8.42 Å². The molecule has 1 aromatic heterocycles. The lowest BCUT2D eigenvalue weighted by Gasteiger charge is -2.24. The van der Waals surface area contributed by atoms with Crippen molar-refractivity contribution in [3.05, 3.63) is 6.33 Å². The molecule has 0 spiro atoms. The SMILES string of the molecule is CC(C)(C)n1cnnc1SCC1CCCS(=O)(=O)C1. The first-order valence-electron chi connectivity index (χ1n) is 6.52. The monoisotopic (exact) mass is 303 g/mol. The summed E-state index contributed by atoms with van der Waals surface area (Å²) in [6.07, 6.45) is 3.52. The van der Waals surface area contributed by atoms with Gasteiger partial charge >= 0.3 is 0 Å². The summed E-state index contributed by atoms with van der Waals surface area (Å²) in [4.78, 5) is 0. The van der Waals surface area contributed by atoms with Crippen molar-refractivity contribution in [3.8, 4) is 0 Å². The van der Waals surface area contributed by atoms with Crippen molar-refractivity contribution in [2.45, 2.75) is 44.3 Å². The van der Waals surface area contributed by atoms with Gasteiger partial charge in [-0.15, -0.1) is 10.2 Å². The topological polar surface area (TPSA) is 64.8 Å². The fourth-order valence-corrected chi connectivity index (χ4v) is 5.38. The van der Waals surface area contributed by atoms with E-state index in [2.05, 4.69) is 31.0 Å². The summed E-state index contributed by atoms with van der Waals surface area (Å²) in [5, 5.41) is 8.96. The molecule has 0 amide bonds. The molecular weight excluding hydrogens is 282 g/mol. The standard InChI is InChI=1S/C12H21N3O2S2/c1-12(2,3)15-9-13-14-11(15)18-7-10-5-4-6-19(16,17)8-10/h9-10H,4-8H2,1-3H3. The minimum Gasteiger partial charge on any atom is -0.303 e. The number of nitrogens with zero attached hydrogens (tertiary/aromatic N) is 3. The van der Waals surface area contributed by atoms with E-state index in [1.807, 2.05) is 4.57 Å². The van der Waals surface area contributed by atoms with E-state index < -0.39 is 9.84 Å². The molecule has 1 saturated heterocycles. The Balaban J connectivity index is 1.98. The fourth-order valence-electron chi connectivity index (χ4n) is 2.22. The third-order valence-electron chi connectivity index (χ3n) is 3.24. The predicted molar refractivity (Wildman–Crippen MR) is 77.1 cm³/mol. The van der Waals surface area contributed by atoms with E-state index in [-0.39, 0.29) is 11.5 Å². The third-order valence-corrected chi connectivity index (χ3v) is 6.31. The Morgan fingerprint density at radius 1 is 1.47 bits per heavy atom. The van der Waals surface area contributed by atoms with Crippen LogP contribution in [-0.2, 0) is 15.4 Å². The van der Waals surface area contributed by atoms with Gasteiger partial charge in [0, 0.05) is 11.3 Å². The Morgan fingerprint density at radius 3 is 2.84 bits per heavy atom. The summed E-state index contributed by atoms with van der Waals surface area (Å²) in [6.45, 7) is 6.31. The summed E-state index contributed by atoms with van der Waals surface area (Å²) in [6, 6.07) is 0. The predicted octanol–water partition coefficient (Wildman–Crippen LogP) is 1.95. The van der Waals surface area contributed by atoms with E-state index in [0.29, 0.717) is 11.5 Å². The fraction of sp³-hybridized carbons (Fsp3) is 0.833. The second-order valence-electron chi connectivity index (χ2n) is 6.09. The normalized spacial score (nSPS) is 23.4. The van der Waals surface area contributed by atoms with Crippen LogP contribution in [0.1, 0.15) is 33.6 Å². The number of hydrogen-bond acceptors (Lipinski definition) is 5. The van der Waals surface area contributed by atoms with Gasteiger partial charge in [-0.3, -0.25) is 0 Å². The molecule has 19 heavy (non-hydrogen) atoms. The highest BCUT2D eigenvalue weighted by molar-refractivity contribution is 7.99. The van der Waals surface area contributed by atoms with E-state index >= 15 is 0 Å². The van der Waals surface area contributed by atoms with Crippen LogP contribution in [0.15, 0.2) is 11.5 Å². The first kappa shape index (κ1) is 14.8. The highest BCUT2D eigenvalue weighted by Crippen LogP contribution is 2.28. The molecule has 0 bridgehead atoms. The molecule has 5 nitrogen and oxygen atoms in total. The molecule has 7 heteroatoms. The number of sulfone groups is 1. The Hall–Kier alpha value is -0.560. The lowest BCUT2D eigenvalue weighted by Crippen LogP contribution is -2.27. The molecule has 1 aliphatic heterocycles. The van der Waals surface area contributed by atoms with Crippen LogP contribution in [0, 0.1) is 5.92 Å². The zero-order valence-electron chi connectivity index (χ0n) is 11.7. The number of thioether (sulfide) groups is 1. The molecule has 0 aliphatic carbocycles. The molecule has 1 fully saturated rings. The maximum Gasteiger partial charge on any atom is 0.191 e. The van der Waals surface area contributed by atoms with Crippen molar-refractivity contribution >= 4 is 21.6 Å². The van der Waals surface area contributed by atoms with Crippen molar-refractivity contribution in [1.29, 1.82) is 0 Å². The number of rotatable bonds is 3. The van der Waals surface area contributed by atoms with E-state index in [0.717, 1.165) is 23.8 Å². The average molecular weight is 303 g/mol. The van der Waals surface area contributed by atoms with Crippen LogP contribution in [0.2, 0.25) is 0 Å². The Morgan fingerprint density at radius 2 is 2.21 bits per heavy atom. The van der Waals surface area contributed by atoms with Gasteiger partial charge in [0.2, 0.25) is 0 Å². The minimum absolute atomic E-state index is 0.0511. The van der Waals surface area contributed by atoms with Gasteiger partial charge in [0.15, 0.2) is 15.0 Å². The maximum atomic E-state index is 11.6. The van der Waals surface area contributed by atoms with Gasteiger partial charge in [0.05, 0.1) is 11.5 Å². The van der Waals surface area contributed by atoms with Crippen LogP contribution in [0.25, 0.3) is 0 Å². The highest BCUT2D eigenvalue weighted by atomic mass is 32.2. The third kappa shape index (κ3) is 3.95. The number of aromatic nitrogens is 3. The van der Waals surface area contributed by atoms with Crippen LogP contribution >= 0.6 is 11.8 Å². The molecule has 1 atom stereocenters. The zero-order chi connectivity index (χ0) is 14.1. The largest absolute Gasteiger partial charge is 0.303 e. The van der Waals surface area contributed by atoms with Gasteiger partial charge in [-0.2, -0.15) is 0 Å². The van der Waals surface area contributed by atoms with Gasteiger partial charge in [-0.1, -0.05) is 11.8 Å². The van der Waals surface area contributed by atoms with Gasteiger partial charge in [-0.05, 0) is 39.5 Å². The van der Waals surface area contributed by atoms with Gasteiger partial charge < -0.3 is 4.57 Å². The average Bonchev–Trinajstić information content (AvgIpc) is 2.72. The molecule has 0 radical (unpaired) electrons. The summed E-state index contributed by atoms with van der Waals surface area (Å²) < 4.78 is 25.2. The second-order valence-corrected chi connectivity index (χ2v) is 9.30. The van der Waals surface area contributed by atoms with E-state index in [4.69, 9.17) is 0 Å². The Kier molecular flexibility index (Phi) is 4.25. The molecule has 0 saturated carbocycles. The Bertz CT molecular complexity index is 531. The van der Waals surface area contributed by atoms with Crippen molar-refractivity contribution in [2.24, 2.45) is 5.92 Å². The van der Waals surface area contributed by atoms with Crippen LogP contribution < -0.4 is 0 Å². The molecule has 108 valence electrons. The first-order valence-corrected chi connectivity index (χ1v) is 9.32. The lowest BCUT2D eigenvalue weighted by atomic mass is 10.1. The Labute approximate surface area is 119 Å². The lowest BCUT2D eigenvalue weighted by molar-refractivity contribution is 0.367. The zero-order valence-corrected chi connectivity index (χ0v) is 13.3.